The summed E-state index contributed by atoms with van der Waals surface area (Å²) in [4.78, 5) is 31.9. The van der Waals surface area contributed by atoms with Gasteiger partial charge in [-0.25, -0.2) is 19.9 Å². The second kappa shape index (κ2) is 9.95. The molecule has 35 heavy (non-hydrogen) atoms. The molecule has 1 N–H and O–H groups in total. The highest BCUT2D eigenvalue weighted by Crippen LogP contribution is 2.29. The average molecular weight is 490 g/mol. The Morgan fingerprint density at radius 2 is 1.97 bits per heavy atom. The molecule has 8 nitrogen and oxygen atoms in total. The van der Waals surface area contributed by atoms with Gasteiger partial charge in [0.1, 0.15) is 11.5 Å². The number of nitrogens with one attached hydrogen (secondary N) is 1. The SMILES string of the molecule is [2H]C([2H])([2H])c1ccc(-c2ncccn2)c(C(=O)N2C[C@@H](C)O[C@@H](C)[C@H]2CNc2ccc(C(F)(F)F)cn2)n1. The summed E-state index contributed by atoms with van der Waals surface area (Å²) in [6, 6.07) is 5.93. The average Bonchev–Trinajstić information content (AvgIpc) is 2.86. The lowest BCUT2D eigenvalue weighted by atomic mass is 10.0. The number of halogens is 3. The van der Waals surface area contributed by atoms with E-state index in [0.717, 1.165) is 12.3 Å². The number of nitrogens with zero attached hydrogens (tertiary/aromatic N) is 5. The number of morpholine rings is 1. The minimum Gasteiger partial charge on any atom is -0.372 e. The Balaban J connectivity index is 1.66. The summed E-state index contributed by atoms with van der Waals surface area (Å²) in [6.45, 7) is 1.30. The quantitative estimate of drug-likeness (QED) is 0.579. The summed E-state index contributed by atoms with van der Waals surface area (Å²) in [5.41, 5.74) is -0.979. The highest BCUT2D eigenvalue weighted by atomic mass is 19.4. The summed E-state index contributed by atoms with van der Waals surface area (Å²) in [7, 11) is 0. The fourth-order valence-corrected chi connectivity index (χ4v) is 3.93. The zero-order valence-electron chi connectivity index (χ0n) is 22.0. The van der Waals surface area contributed by atoms with Gasteiger partial charge in [-0.1, -0.05) is 0 Å². The van der Waals surface area contributed by atoms with Gasteiger partial charge in [0.05, 0.1) is 29.4 Å². The molecule has 4 rings (SSSR count). The van der Waals surface area contributed by atoms with Gasteiger partial charge < -0.3 is 15.0 Å². The second-order valence-corrected chi connectivity index (χ2v) is 8.15. The van der Waals surface area contributed by atoms with Crippen molar-refractivity contribution in [3.63, 3.8) is 0 Å². The van der Waals surface area contributed by atoms with Crippen molar-refractivity contribution < 1.29 is 26.8 Å². The van der Waals surface area contributed by atoms with E-state index in [1.54, 1.807) is 19.9 Å². The predicted octanol–water partition coefficient (Wildman–Crippen LogP) is 3.99. The van der Waals surface area contributed by atoms with Crippen LogP contribution in [0.25, 0.3) is 11.4 Å². The first-order chi connectivity index (χ1) is 17.8. The minimum absolute atomic E-state index is 0.105. The van der Waals surface area contributed by atoms with Crippen molar-refractivity contribution in [2.45, 2.75) is 45.1 Å². The third-order valence-electron chi connectivity index (χ3n) is 5.59. The number of alkyl halides is 3. The molecule has 0 spiro atoms. The van der Waals surface area contributed by atoms with E-state index in [1.807, 2.05) is 0 Å². The molecule has 0 unspecified atom stereocenters. The van der Waals surface area contributed by atoms with Crippen LogP contribution in [0.4, 0.5) is 19.0 Å². The maximum atomic E-state index is 13.9. The van der Waals surface area contributed by atoms with Gasteiger partial charge in [-0.05, 0) is 51.0 Å². The van der Waals surface area contributed by atoms with Crippen LogP contribution in [0.2, 0.25) is 0 Å². The molecular formula is C24H25F3N6O2. The van der Waals surface area contributed by atoms with Crippen LogP contribution in [-0.2, 0) is 10.9 Å². The van der Waals surface area contributed by atoms with E-state index in [9.17, 15) is 18.0 Å². The molecule has 3 aromatic rings. The molecule has 3 atom stereocenters. The van der Waals surface area contributed by atoms with E-state index in [2.05, 4.69) is 25.3 Å². The Hall–Kier alpha value is -3.60. The molecular weight excluding hydrogens is 461 g/mol. The fraction of sp³-hybridized carbons (Fsp3) is 0.375. The fourth-order valence-electron chi connectivity index (χ4n) is 3.93. The van der Waals surface area contributed by atoms with E-state index < -0.39 is 36.6 Å². The van der Waals surface area contributed by atoms with Crippen molar-refractivity contribution in [1.82, 2.24) is 24.8 Å². The number of aryl methyl sites for hydroxylation is 1. The topological polar surface area (TPSA) is 93.1 Å². The number of hydrogen-bond donors (Lipinski definition) is 1. The molecule has 184 valence electrons. The van der Waals surface area contributed by atoms with E-state index in [0.29, 0.717) is 0 Å². The smallest absolute Gasteiger partial charge is 0.372 e. The van der Waals surface area contributed by atoms with Crippen molar-refractivity contribution in [3.8, 4) is 11.4 Å². The second-order valence-electron chi connectivity index (χ2n) is 8.15. The normalized spacial score (nSPS) is 22.1. The number of anilines is 1. The van der Waals surface area contributed by atoms with Crippen LogP contribution in [0.1, 0.15) is 39.7 Å². The summed E-state index contributed by atoms with van der Waals surface area (Å²) in [5, 5.41) is 2.97. The van der Waals surface area contributed by atoms with Gasteiger partial charge in [0.25, 0.3) is 5.91 Å². The molecule has 0 aromatic carbocycles. The molecule has 0 aliphatic carbocycles. The maximum Gasteiger partial charge on any atom is 0.417 e. The molecule has 3 aromatic heterocycles. The number of ether oxygens (including phenoxy) is 1. The first-order valence-corrected chi connectivity index (χ1v) is 10.9. The lowest BCUT2D eigenvalue weighted by Gasteiger charge is -2.43. The summed E-state index contributed by atoms with van der Waals surface area (Å²) in [5.74, 6) is -0.150. The van der Waals surface area contributed by atoms with Crippen LogP contribution in [0.5, 0.6) is 0 Å². The molecule has 1 aliphatic rings. The molecule has 1 amide bonds. The maximum absolute atomic E-state index is 13.9. The third-order valence-corrected chi connectivity index (χ3v) is 5.59. The molecule has 1 saturated heterocycles. The molecule has 1 fully saturated rings. The van der Waals surface area contributed by atoms with Crippen LogP contribution in [0, 0.1) is 6.85 Å². The molecule has 4 heterocycles. The van der Waals surface area contributed by atoms with Gasteiger partial charge in [-0.15, -0.1) is 0 Å². The Labute approximate surface area is 204 Å². The predicted molar refractivity (Wildman–Crippen MR) is 123 cm³/mol. The number of amides is 1. The summed E-state index contributed by atoms with van der Waals surface area (Å²) < 4.78 is 67.8. The number of rotatable bonds is 5. The van der Waals surface area contributed by atoms with Gasteiger partial charge in [-0.2, -0.15) is 13.2 Å². The number of carbonyl (C=O) groups excluding carboxylic acids is 1. The summed E-state index contributed by atoms with van der Waals surface area (Å²) >= 11 is 0. The Kier molecular flexibility index (Phi) is 5.90. The minimum atomic E-state index is -4.51. The first-order valence-electron chi connectivity index (χ1n) is 12.4. The van der Waals surface area contributed by atoms with Crippen LogP contribution in [0.3, 0.4) is 0 Å². The number of hydrogen-bond acceptors (Lipinski definition) is 7. The standard InChI is InChI=1S/C24H25F3N6O2/c1-14-5-7-18(22-28-9-4-10-29-22)21(32-14)23(34)33-13-15(2)35-16(3)19(33)12-31-20-8-6-17(11-30-20)24(25,26)27/h4-11,15-16,19H,12-13H2,1-3H3,(H,30,31)/t15-,16+,19-/m1/s1/i1D3. The molecule has 0 radical (unpaired) electrons. The van der Waals surface area contributed by atoms with E-state index in [4.69, 9.17) is 8.85 Å². The van der Waals surface area contributed by atoms with Gasteiger partial charge >= 0.3 is 6.18 Å². The van der Waals surface area contributed by atoms with Gasteiger partial charge in [-0.3, -0.25) is 4.79 Å². The van der Waals surface area contributed by atoms with Crippen LogP contribution in [-0.4, -0.2) is 62.1 Å². The molecule has 11 heteroatoms. The van der Waals surface area contributed by atoms with E-state index in [1.165, 1.54) is 35.5 Å². The molecule has 0 bridgehead atoms. The van der Waals surface area contributed by atoms with Crippen LogP contribution in [0.15, 0.2) is 48.9 Å². The number of pyridine rings is 2. The Bertz CT molecular complexity index is 1280. The molecule has 0 saturated carbocycles. The van der Waals surface area contributed by atoms with Crippen LogP contribution < -0.4 is 5.32 Å². The monoisotopic (exact) mass is 489 g/mol. The van der Waals surface area contributed by atoms with E-state index in [-0.39, 0.29) is 47.8 Å². The lowest BCUT2D eigenvalue weighted by molar-refractivity contribution is -0.137. The number of aromatic nitrogens is 4. The van der Waals surface area contributed by atoms with Crippen molar-refractivity contribution in [1.29, 1.82) is 0 Å². The van der Waals surface area contributed by atoms with Gasteiger partial charge in [0, 0.05) is 41.5 Å². The largest absolute Gasteiger partial charge is 0.417 e. The highest BCUT2D eigenvalue weighted by molar-refractivity contribution is 5.98. The Morgan fingerprint density at radius 3 is 2.63 bits per heavy atom. The highest BCUT2D eigenvalue weighted by Gasteiger charge is 2.37. The lowest BCUT2D eigenvalue weighted by Crippen LogP contribution is -2.58. The van der Waals surface area contributed by atoms with Gasteiger partial charge in [0.15, 0.2) is 5.82 Å². The first kappa shape index (κ1) is 20.7. The number of carbonyl (C=O) groups is 1. The van der Waals surface area contributed by atoms with Crippen molar-refractivity contribution in [2.75, 3.05) is 18.4 Å². The van der Waals surface area contributed by atoms with Crippen molar-refractivity contribution >= 4 is 11.7 Å². The van der Waals surface area contributed by atoms with Crippen LogP contribution >= 0.6 is 0 Å². The molecule has 1 aliphatic heterocycles. The summed E-state index contributed by atoms with van der Waals surface area (Å²) in [6.07, 6.45) is -1.59. The zero-order chi connectivity index (χ0) is 27.7. The zero-order valence-corrected chi connectivity index (χ0v) is 19.0. The van der Waals surface area contributed by atoms with Gasteiger partial charge in [0.2, 0.25) is 0 Å². The van der Waals surface area contributed by atoms with Crippen molar-refractivity contribution in [3.05, 3.63) is 65.9 Å². The van der Waals surface area contributed by atoms with E-state index >= 15 is 0 Å². The Morgan fingerprint density at radius 1 is 1.20 bits per heavy atom. The third kappa shape index (κ3) is 5.56. The van der Waals surface area contributed by atoms with Crippen molar-refractivity contribution in [2.24, 2.45) is 0 Å².